The van der Waals surface area contributed by atoms with E-state index in [1.807, 2.05) is 6.07 Å². The van der Waals surface area contributed by atoms with Crippen molar-refractivity contribution in [2.75, 3.05) is 50.4 Å². The molecule has 0 spiro atoms. The van der Waals surface area contributed by atoms with Crippen molar-refractivity contribution in [1.82, 2.24) is 9.97 Å². The molecule has 2 N–H and O–H groups in total. The first-order valence-corrected chi connectivity index (χ1v) is 11.6. The van der Waals surface area contributed by atoms with E-state index < -0.39 is 10.0 Å². The van der Waals surface area contributed by atoms with Gasteiger partial charge in [-0.15, -0.1) is 0 Å². The largest absolute Gasteiger partial charge is 0.497 e. The van der Waals surface area contributed by atoms with Crippen LogP contribution in [-0.2, 0) is 10.0 Å². The Morgan fingerprint density at radius 3 is 2.38 bits per heavy atom. The molecule has 11 heteroatoms. The van der Waals surface area contributed by atoms with Crippen molar-refractivity contribution in [3.05, 3.63) is 36.4 Å². The van der Waals surface area contributed by atoms with Crippen LogP contribution in [0.25, 0.3) is 11.0 Å². The molecular weight excluding hydrogens is 436 g/mol. The molecular formula is C21H26N4O6S. The number of nitrogens with one attached hydrogen (secondary N) is 1. The van der Waals surface area contributed by atoms with Crippen molar-refractivity contribution in [2.24, 2.45) is 0 Å². The summed E-state index contributed by atoms with van der Waals surface area (Å²) in [7, 11) is 1.11. The molecule has 0 saturated heterocycles. The summed E-state index contributed by atoms with van der Waals surface area (Å²) in [6, 6.07) is 10.5. The van der Waals surface area contributed by atoms with Crippen molar-refractivity contribution in [3.63, 3.8) is 0 Å². The number of aromatic nitrogens is 2. The van der Waals surface area contributed by atoms with E-state index in [0.29, 0.717) is 40.4 Å². The second kappa shape index (κ2) is 9.88. The van der Waals surface area contributed by atoms with E-state index in [2.05, 4.69) is 14.7 Å². The van der Waals surface area contributed by atoms with Gasteiger partial charge in [0.2, 0.25) is 10.0 Å². The fourth-order valence-electron chi connectivity index (χ4n) is 3.05. The highest BCUT2D eigenvalue weighted by Crippen LogP contribution is 2.44. The standard InChI is InChI=1S/C21H26N4O6S/c1-25(17-12-14(29-2)13-18(30-3)19(17)31-11-7-10-26)21-20(24-32(4,27)28)22-15-8-5-6-9-16(15)23-21/h5-6,8-9,12-13,26H,7,10-11H2,1-4H3,(H,22,24). The van der Waals surface area contributed by atoms with Crippen LogP contribution in [-0.4, -0.2) is 64.2 Å². The number of methoxy groups -OCH3 is 2. The minimum absolute atomic E-state index is 0.0256. The zero-order valence-corrected chi connectivity index (χ0v) is 19.1. The minimum Gasteiger partial charge on any atom is -0.497 e. The summed E-state index contributed by atoms with van der Waals surface area (Å²) in [6.45, 7) is 0.222. The molecule has 10 nitrogen and oxygen atoms in total. The number of rotatable bonds is 10. The molecule has 172 valence electrons. The fraction of sp³-hybridized carbons (Fsp3) is 0.333. The average molecular weight is 463 g/mol. The molecule has 0 amide bonds. The van der Waals surface area contributed by atoms with E-state index >= 15 is 0 Å². The van der Waals surface area contributed by atoms with Gasteiger partial charge in [-0.1, -0.05) is 12.1 Å². The summed E-state index contributed by atoms with van der Waals surface area (Å²) in [5, 5.41) is 9.13. The molecule has 3 rings (SSSR count). The first-order valence-electron chi connectivity index (χ1n) is 9.75. The van der Waals surface area contributed by atoms with Gasteiger partial charge in [0.25, 0.3) is 0 Å². The van der Waals surface area contributed by atoms with E-state index in [4.69, 9.17) is 19.3 Å². The van der Waals surface area contributed by atoms with Crippen molar-refractivity contribution < 1.29 is 27.7 Å². The molecule has 2 aromatic carbocycles. The van der Waals surface area contributed by atoms with Gasteiger partial charge in [0, 0.05) is 32.2 Å². The number of hydrogen-bond donors (Lipinski definition) is 2. The summed E-state index contributed by atoms with van der Waals surface area (Å²) in [6.07, 6.45) is 1.47. The fourth-order valence-corrected chi connectivity index (χ4v) is 3.54. The van der Waals surface area contributed by atoms with Crippen molar-refractivity contribution in [3.8, 4) is 17.2 Å². The summed E-state index contributed by atoms with van der Waals surface area (Å²) in [5.41, 5.74) is 1.64. The number of anilines is 3. The summed E-state index contributed by atoms with van der Waals surface area (Å²) < 4.78 is 43.2. The first-order chi connectivity index (χ1) is 15.3. The Hall–Kier alpha value is -3.31. The van der Waals surface area contributed by atoms with Crippen LogP contribution in [0.4, 0.5) is 17.3 Å². The Labute approximate surface area is 186 Å². The third-order valence-corrected chi connectivity index (χ3v) is 5.09. The Morgan fingerprint density at radius 2 is 1.78 bits per heavy atom. The second-order valence-corrected chi connectivity index (χ2v) is 8.67. The minimum atomic E-state index is -3.62. The van der Waals surface area contributed by atoms with Gasteiger partial charge in [-0.05, 0) is 12.1 Å². The summed E-state index contributed by atoms with van der Waals surface area (Å²) >= 11 is 0. The molecule has 0 aliphatic rings. The van der Waals surface area contributed by atoms with Crippen molar-refractivity contribution in [2.45, 2.75) is 6.42 Å². The van der Waals surface area contributed by atoms with Crippen LogP contribution in [0.2, 0.25) is 0 Å². The molecule has 0 radical (unpaired) electrons. The van der Waals surface area contributed by atoms with E-state index in [1.165, 1.54) is 14.2 Å². The van der Waals surface area contributed by atoms with Gasteiger partial charge in [-0.2, -0.15) is 0 Å². The molecule has 1 aromatic heterocycles. The lowest BCUT2D eigenvalue weighted by Crippen LogP contribution is -2.19. The third-order valence-electron chi connectivity index (χ3n) is 4.53. The van der Waals surface area contributed by atoms with Gasteiger partial charge in [0.05, 0.1) is 43.8 Å². The highest BCUT2D eigenvalue weighted by molar-refractivity contribution is 7.92. The molecule has 0 fully saturated rings. The van der Waals surface area contributed by atoms with Crippen LogP contribution >= 0.6 is 0 Å². The van der Waals surface area contributed by atoms with Gasteiger partial charge in [-0.25, -0.2) is 18.4 Å². The number of ether oxygens (including phenoxy) is 3. The van der Waals surface area contributed by atoms with Gasteiger partial charge < -0.3 is 24.2 Å². The highest BCUT2D eigenvalue weighted by Gasteiger charge is 2.23. The maximum Gasteiger partial charge on any atom is 0.231 e. The second-order valence-electron chi connectivity index (χ2n) is 6.92. The van der Waals surface area contributed by atoms with E-state index in [0.717, 1.165) is 6.26 Å². The lowest BCUT2D eigenvalue weighted by Gasteiger charge is -2.25. The topological polar surface area (TPSA) is 123 Å². The average Bonchev–Trinajstić information content (AvgIpc) is 2.77. The van der Waals surface area contributed by atoms with Crippen molar-refractivity contribution in [1.29, 1.82) is 0 Å². The Balaban J connectivity index is 2.20. The quantitative estimate of drug-likeness (QED) is 0.438. The SMILES string of the molecule is COc1cc(OC)c(OCCCO)c(N(C)c2nc3ccccc3nc2NS(C)(=O)=O)c1. The number of fused-ring (bicyclic) bond motifs is 1. The van der Waals surface area contributed by atoms with Gasteiger partial charge in [0.1, 0.15) is 5.75 Å². The molecule has 0 saturated carbocycles. The number of hydrogen-bond acceptors (Lipinski definition) is 9. The van der Waals surface area contributed by atoms with Gasteiger partial charge in [-0.3, -0.25) is 4.72 Å². The zero-order chi connectivity index (χ0) is 23.3. The van der Waals surface area contributed by atoms with E-state index in [1.54, 1.807) is 42.3 Å². The smallest absolute Gasteiger partial charge is 0.231 e. The Kier molecular flexibility index (Phi) is 7.21. The molecule has 0 bridgehead atoms. The lowest BCUT2D eigenvalue weighted by molar-refractivity contribution is 0.228. The van der Waals surface area contributed by atoms with Gasteiger partial charge >= 0.3 is 0 Å². The molecule has 0 aliphatic carbocycles. The van der Waals surface area contributed by atoms with Crippen LogP contribution in [0.5, 0.6) is 17.2 Å². The van der Waals surface area contributed by atoms with Crippen molar-refractivity contribution >= 4 is 38.4 Å². The van der Waals surface area contributed by atoms with E-state index in [-0.39, 0.29) is 24.8 Å². The maximum atomic E-state index is 12.0. The zero-order valence-electron chi connectivity index (χ0n) is 18.3. The Bertz CT molecular complexity index is 1200. The third kappa shape index (κ3) is 5.29. The number of nitrogens with zero attached hydrogens (tertiary/aromatic N) is 3. The first kappa shape index (κ1) is 23.4. The van der Waals surface area contributed by atoms with Crippen LogP contribution in [0, 0.1) is 0 Å². The van der Waals surface area contributed by atoms with Crippen LogP contribution < -0.4 is 23.8 Å². The van der Waals surface area contributed by atoms with Gasteiger partial charge in [0.15, 0.2) is 23.1 Å². The predicted molar refractivity (Wildman–Crippen MR) is 123 cm³/mol. The number of para-hydroxylation sites is 2. The number of aliphatic hydroxyl groups is 1. The Morgan fingerprint density at radius 1 is 1.09 bits per heavy atom. The number of aliphatic hydroxyl groups excluding tert-OH is 1. The molecule has 0 aliphatic heterocycles. The monoisotopic (exact) mass is 462 g/mol. The molecule has 1 heterocycles. The number of benzene rings is 2. The molecule has 3 aromatic rings. The summed E-state index contributed by atoms with van der Waals surface area (Å²) in [5.74, 6) is 1.64. The lowest BCUT2D eigenvalue weighted by atomic mass is 10.2. The van der Waals surface area contributed by atoms with Crippen LogP contribution in [0.3, 0.4) is 0 Å². The molecule has 0 atom stereocenters. The predicted octanol–water partition coefficient (Wildman–Crippen LogP) is 2.55. The van der Waals surface area contributed by atoms with E-state index in [9.17, 15) is 8.42 Å². The highest BCUT2D eigenvalue weighted by atomic mass is 32.2. The normalized spacial score (nSPS) is 11.3. The summed E-state index contributed by atoms with van der Waals surface area (Å²) in [4.78, 5) is 10.8. The molecule has 0 unspecified atom stereocenters. The maximum absolute atomic E-state index is 12.0. The molecule has 32 heavy (non-hydrogen) atoms. The van der Waals surface area contributed by atoms with Crippen LogP contribution in [0.1, 0.15) is 6.42 Å². The number of sulfonamides is 1. The van der Waals surface area contributed by atoms with Crippen LogP contribution in [0.15, 0.2) is 36.4 Å².